The lowest BCUT2D eigenvalue weighted by molar-refractivity contribution is -0.121. The second-order valence-electron chi connectivity index (χ2n) is 7.31. The molecule has 0 saturated carbocycles. The number of amides is 2. The summed E-state index contributed by atoms with van der Waals surface area (Å²) in [5.41, 5.74) is 3.76. The number of likely N-dealkylation sites (tertiary alicyclic amines) is 1. The van der Waals surface area contributed by atoms with E-state index in [2.05, 4.69) is 5.32 Å². The lowest BCUT2D eigenvalue weighted by atomic mass is 9.95. The van der Waals surface area contributed by atoms with Crippen LogP contribution in [-0.4, -0.2) is 29.8 Å². The van der Waals surface area contributed by atoms with Crippen molar-refractivity contribution in [3.63, 3.8) is 0 Å². The number of nitrogens with one attached hydrogen (secondary N) is 1. The third kappa shape index (κ3) is 4.18. The molecule has 1 saturated heterocycles. The lowest BCUT2D eigenvalue weighted by Gasteiger charge is -2.32. The van der Waals surface area contributed by atoms with Gasteiger partial charge in [-0.3, -0.25) is 9.59 Å². The van der Waals surface area contributed by atoms with E-state index >= 15 is 0 Å². The van der Waals surface area contributed by atoms with Gasteiger partial charge in [0.25, 0.3) is 5.91 Å². The summed E-state index contributed by atoms with van der Waals surface area (Å²) in [5, 5.41) is 2.95. The molecule has 27 heavy (non-hydrogen) atoms. The van der Waals surface area contributed by atoms with Crippen LogP contribution in [-0.2, 0) is 4.79 Å². The highest BCUT2D eigenvalue weighted by Gasteiger charge is 2.30. The maximum Gasteiger partial charge on any atom is 0.257 e. The average Bonchev–Trinajstić information content (AvgIpc) is 2.64. The van der Waals surface area contributed by atoms with Crippen molar-refractivity contribution < 1.29 is 14.0 Å². The lowest BCUT2D eigenvalue weighted by Crippen LogP contribution is -2.44. The van der Waals surface area contributed by atoms with Crippen molar-refractivity contribution in [3.05, 3.63) is 64.5 Å². The largest absolute Gasteiger partial charge is 0.338 e. The number of piperidine rings is 1. The van der Waals surface area contributed by atoms with Crippen LogP contribution < -0.4 is 5.32 Å². The number of aryl methyl sites for hydroxylation is 3. The van der Waals surface area contributed by atoms with Crippen LogP contribution in [0, 0.1) is 32.5 Å². The van der Waals surface area contributed by atoms with Gasteiger partial charge in [0.2, 0.25) is 5.91 Å². The van der Waals surface area contributed by atoms with E-state index in [4.69, 9.17) is 0 Å². The Labute approximate surface area is 159 Å². The van der Waals surface area contributed by atoms with Gasteiger partial charge >= 0.3 is 0 Å². The number of halogens is 1. The molecule has 0 bridgehead atoms. The van der Waals surface area contributed by atoms with E-state index < -0.39 is 5.82 Å². The first kappa shape index (κ1) is 19.1. The zero-order chi connectivity index (χ0) is 19.6. The molecule has 3 rings (SSSR count). The van der Waals surface area contributed by atoms with E-state index in [1.54, 1.807) is 24.0 Å². The Hall–Kier alpha value is -2.69. The van der Waals surface area contributed by atoms with Gasteiger partial charge in [0.15, 0.2) is 0 Å². The number of hydrogen-bond acceptors (Lipinski definition) is 2. The fourth-order valence-corrected chi connectivity index (χ4v) is 3.50. The van der Waals surface area contributed by atoms with Crippen molar-refractivity contribution in [2.75, 3.05) is 18.4 Å². The standard InChI is InChI=1S/C22H25FN2O2/c1-14-9-10-18(12-16(14)3)24-21(26)17-7-5-11-25(13-17)22(27)20-15(2)6-4-8-19(20)23/h4,6,8-10,12,17H,5,7,11,13H2,1-3H3,(H,24,26). The van der Waals surface area contributed by atoms with Gasteiger partial charge < -0.3 is 10.2 Å². The first-order valence-electron chi connectivity index (χ1n) is 9.29. The maximum absolute atomic E-state index is 14.1. The summed E-state index contributed by atoms with van der Waals surface area (Å²) < 4.78 is 14.1. The van der Waals surface area contributed by atoms with Gasteiger partial charge in [0, 0.05) is 18.8 Å². The summed E-state index contributed by atoms with van der Waals surface area (Å²) >= 11 is 0. The van der Waals surface area contributed by atoms with Crippen molar-refractivity contribution in [2.45, 2.75) is 33.6 Å². The van der Waals surface area contributed by atoms with Gasteiger partial charge in [0.1, 0.15) is 5.82 Å². The molecular weight excluding hydrogens is 343 g/mol. The summed E-state index contributed by atoms with van der Waals surface area (Å²) in [7, 11) is 0. The molecule has 4 nitrogen and oxygen atoms in total. The molecule has 1 heterocycles. The fourth-order valence-electron chi connectivity index (χ4n) is 3.50. The number of rotatable bonds is 3. The van der Waals surface area contributed by atoms with Crippen LogP contribution in [0.4, 0.5) is 10.1 Å². The quantitative estimate of drug-likeness (QED) is 0.881. The minimum absolute atomic E-state index is 0.0963. The van der Waals surface area contributed by atoms with Gasteiger partial charge in [-0.2, -0.15) is 0 Å². The van der Waals surface area contributed by atoms with Crippen molar-refractivity contribution >= 4 is 17.5 Å². The molecule has 5 heteroatoms. The first-order chi connectivity index (χ1) is 12.9. The Balaban J connectivity index is 1.71. The fraction of sp³-hybridized carbons (Fsp3) is 0.364. The van der Waals surface area contributed by atoms with Crippen molar-refractivity contribution in [1.82, 2.24) is 4.90 Å². The van der Waals surface area contributed by atoms with Gasteiger partial charge in [-0.15, -0.1) is 0 Å². The normalized spacial score (nSPS) is 16.9. The zero-order valence-electron chi connectivity index (χ0n) is 16.0. The Kier molecular flexibility index (Phi) is 5.59. The molecule has 0 radical (unpaired) electrons. The molecular formula is C22H25FN2O2. The Bertz CT molecular complexity index is 858. The molecule has 0 aromatic heterocycles. The smallest absolute Gasteiger partial charge is 0.257 e. The third-order valence-corrected chi connectivity index (χ3v) is 5.29. The molecule has 1 fully saturated rings. The van der Waals surface area contributed by atoms with Crippen LogP contribution in [0.2, 0.25) is 0 Å². The van der Waals surface area contributed by atoms with E-state index in [1.165, 1.54) is 11.6 Å². The first-order valence-corrected chi connectivity index (χ1v) is 9.29. The molecule has 2 amide bonds. The van der Waals surface area contributed by atoms with Gasteiger partial charge in [-0.05, 0) is 68.5 Å². The average molecular weight is 368 g/mol. The minimum Gasteiger partial charge on any atom is -0.338 e. The summed E-state index contributed by atoms with van der Waals surface area (Å²) in [6.45, 7) is 6.60. The van der Waals surface area contributed by atoms with Crippen LogP contribution in [0.5, 0.6) is 0 Å². The van der Waals surface area contributed by atoms with E-state index in [9.17, 15) is 14.0 Å². The van der Waals surface area contributed by atoms with E-state index in [1.807, 2.05) is 32.0 Å². The van der Waals surface area contributed by atoms with E-state index in [0.717, 1.165) is 24.1 Å². The molecule has 0 aliphatic carbocycles. The molecule has 1 N–H and O–H groups in total. The second kappa shape index (κ2) is 7.91. The number of anilines is 1. The minimum atomic E-state index is -0.512. The van der Waals surface area contributed by atoms with Crippen LogP contribution >= 0.6 is 0 Å². The van der Waals surface area contributed by atoms with Crippen molar-refractivity contribution in [1.29, 1.82) is 0 Å². The summed E-state index contributed by atoms with van der Waals surface area (Å²) in [6.07, 6.45) is 1.45. The van der Waals surface area contributed by atoms with Crippen LogP contribution in [0.3, 0.4) is 0 Å². The number of hydrogen-bond donors (Lipinski definition) is 1. The van der Waals surface area contributed by atoms with Gasteiger partial charge in [0.05, 0.1) is 11.5 Å². The van der Waals surface area contributed by atoms with Crippen LogP contribution in [0.25, 0.3) is 0 Å². The second-order valence-corrected chi connectivity index (χ2v) is 7.31. The van der Waals surface area contributed by atoms with Crippen molar-refractivity contribution in [3.8, 4) is 0 Å². The molecule has 2 aromatic carbocycles. The van der Waals surface area contributed by atoms with E-state index in [0.29, 0.717) is 18.7 Å². The topological polar surface area (TPSA) is 49.4 Å². The molecule has 0 spiro atoms. The zero-order valence-corrected chi connectivity index (χ0v) is 16.0. The SMILES string of the molecule is Cc1ccc(NC(=O)C2CCCN(C(=O)c3c(C)cccc3F)C2)cc1C. The summed E-state index contributed by atoms with van der Waals surface area (Å²) in [6, 6.07) is 10.4. The van der Waals surface area contributed by atoms with Gasteiger partial charge in [-0.25, -0.2) is 4.39 Å². The Morgan fingerprint density at radius 1 is 1.07 bits per heavy atom. The van der Waals surface area contributed by atoms with Crippen molar-refractivity contribution in [2.24, 2.45) is 5.92 Å². The van der Waals surface area contributed by atoms with E-state index in [-0.39, 0.29) is 23.3 Å². The van der Waals surface area contributed by atoms with Gasteiger partial charge in [-0.1, -0.05) is 18.2 Å². The summed E-state index contributed by atoms with van der Waals surface area (Å²) in [5.74, 6) is -1.24. The molecule has 2 aromatic rings. The molecule has 1 unspecified atom stereocenters. The Morgan fingerprint density at radius 3 is 2.56 bits per heavy atom. The predicted molar refractivity (Wildman–Crippen MR) is 104 cm³/mol. The molecule has 1 aliphatic rings. The highest BCUT2D eigenvalue weighted by molar-refractivity contribution is 5.97. The molecule has 1 aliphatic heterocycles. The number of carbonyl (C=O) groups excluding carboxylic acids is 2. The molecule has 1 atom stereocenters. The monoisotopic (exact) mass is 368 g/mol. The van der Waals surface area contributed by atoms with Crippen LogP contribution in [0.15, 0.2) is 36.4 Å². The molecule has 142 valence electrons. The number of benzene rings is 2. The third-order valence-electron chi connectivity index (χ3n) is 5.29. The van der Waals surface area contributed by atoms with Crippen LogP contribution in [0.1, 0.15) is 39.9 Å². The number of nitrogens with zero attached hydrogens (tertiary/aromatic N) is 1. The highest BCUT2D eigenvalue weighted by atomic mass is 19.1. The predicted octanol–water partition coefficient (Wildman–Crippen LogP) is 4.24. The Morgan fingerprint density at radius 2 is 1.85 bits per heavy atom. The highest BCUT2D eigenvalue weighted by Crippen LogP contribution is 2.23. The number of carbonyl (C=O) groups is 2. The summed E-state index contributed by atoms with van der Waals surface area (Å²) in [4.78, 5) is 27.1. The maximum atomic E-state index is 14.1.